The number of unbranched alkanes of at least 4 members (excludes halogenated alkanes) is 2. The van der Waals surface area contributed by atoms with Gasteiger partial charge in [-0.3, -0.25) is 0 Å². The quantitative estimate of drug-likeness (QED) is 0.122. The van der Waals surface area contributed by atoms with Crippen molar-refractivity contribution in [1.82, 2.24) is 0 Å². The molecule has 0 aliphatic heterocycles. The molecule has 0 amide bonds. The molecule has 0 saturated carbocycles. The Bertz CT molecular complexity index is 1230. The smallest absolute Gasteiger partial charge is 0.333 e. The van der Waals surface area contributed by atoms with E-state index >= 15 is 0 Å². The normalized spacial score (nSPS) is 12.8. The molecule has 40 heavy (non-hydrogen) atoms. The van der Waals surface area contributed by atoms with Crippen LogP contribution in [0.1, 0.15) is 44.2 Å². The SMILES string of the molecule is C=C(C)C(=O)OCC(O)COCCOCC(O)COc1ccc2cc(-c3ccc(CCCCC)cc3C)oc2c1. The molecule has 2 N–H and O–H groups in total. The van der Waals surface area contributed by atoms with Crippen molar-refractivity contribution >= 4 is 16.9 Å². The fourth-order valence-corrected chi connectivity index (χ4v) is 4.11. The summed E-state index contributed by atoms with van der Waals surface area (Å²) in [6.45, 7) is 9.75. The standard InChI is InChI=1S/C32H42O8/c1-5-6-7-8-24-9-12-29(23(4)15-24)31-16-25-10-11-28(17-30(25)40-31)38-20-26(33)18-36-13-14-37-19-27(34)21-39-32(35)22(2)3/h9-12,15-17,26-27,33-34H,2,5-8,13-14,18-21H2,1,3-4H3. The van der Waals surface area contributed by atoms with Crippen LogP contribution in [0.4, 0.5) is 0 Å². The third-order valence-electron chi connectivity index (χ3n) is 6.31. The fraction of sp³-hybridized carbons (Fsp3) is 0.469. The van der Waals surface area contributed by atoms with E-state index in [4.69, 9.17) is 23.4 Å². The van der Waals surface area contributed by atoms with Crippen molar-refractivity contribution in [2.75, 3.05) is 39.6 Å². The van der Waals surface area contributed by atoms with Crippen LogP contribution in [0.25, 0.3) is 22.3 Å². The number of carbonyl (C=O) groups is 1. The van der Waals surface area contributed by atoms with Gasteiger partial charge in [-0.1, -0.05) is 44.5 Å². The topological polar surface area (TPSA) is 108 Å². The average Bonchev–Trinajstić information content (AvgIpc) is 3.35. The number of carbonyl (C=O) groups excluding carboxylic acids is 1. The number of aryl methyl sites for hydroxylation is 2. The van der Waals surface area contributed by atoms with Crippen molar-refractivity contribution in [3.05, 3.63) is 65.7 Å². The van der Waals surface area contributed by atoms with Gasteiger partial charge in [-0.25, -0.2) is 4.79 Å². The maximum atomic E-state index is 11.3. The number of fused-ring (bicyclic) bond motifs is 1. The first kappa shape index (κ1) is 31.4. The van der Waals surface area contributed by atoms with E-state index in [1.54, 1.807) is 0 Å². The van der Waals surface area contributed by atoms with Gasteiger partial charge in [-0.05, 0) is 56.0 Å². The summed E-state index contributed by atoms with van der Waals surface area (Å²) in [5.74, 6) is 0.863. The van der Waals surface area contributed by atoms with Crippen molar-refractivity contribution in [2.24, 2.45) is 0 Å². The summed E-state index contributed by atoms with van der Waals surface area (Å²) < 4.78 is 27.5. The second-order valence-corrected chi connectivity index (χ2v) is 10.1. The minimum Gasteiger partial charge on any atom is -0.491 e. The number of rotatable bonds is 18. The molecule has 0 radical (unpaired) electrons. The maximum Gasteiger partial charge on any atom is 0.333 e. The van der Waals surface area contributed by atoms with Crippen LogP contribution in [0.2, 0.25) is 0 Å². The van der Waals surface area contributed by atoms with Crippen LogP contribution < -0.4 is 4.74 Å². The Morgan fingerprint density at radius 1 is 0.950 bits per heavy atom. The lowest BCUT2D eigenvalue weighted by Crippen LogP contribution is -2.26. The molecule has 0 fully saturated rings. The van der Waals surface area contributed by atoms with Gasteiger partial charge in [0.25, 0.3) is 0 Å². The summed E-state index contributed by atoms with van der Waals surface area (Å²) in [7, 11) is 0. The molecule has 3 aromatic rings. The Morgan fingerprint density at radius 3 is 2.35 bits per heavy atom. The van der Waals surface area contributed by atoms with Gasteiger partial charge in [0, 0.05) is 22.6 Å². The minimum atomic E-state index is -0.935. The van der Waals surface area contributed by atoms with Gasteiger partial charge in [-0.2, -0.15) is 0 Å². The minimum absolute atomic E-state index is 0.000604. The zero-order valence-electron chi connectivity index (χ0n) is 23.8. The first-order valence-electron chi connectivity index (χ1n) is 13.9. The number of aliphatic hydroxyl groups excluding tert-OH is 2. The van der Waals surface area contributed by atoms with E-state index in [9.17, 15) is 15.0 Å². The van der Waals surface area contributed by atoms with Crippen LogP contribution in [-0.2, 0) is 25.4 Å². The molecule has 2 atom stereocenters. The molecule has 2 unspecified atom stereocenters. The summed E-state index contributed by atoms with van der Waals surface area (Å²) in [6.07, 6.45) is 3.01. The van der Waals surface area contributed by atoms with Crippen molar-refractivity contribution in [3.8, 4) is 17.1 Å². The van der Waals surface area contributed by atoms with Crippen LogP contribution in [-0.4, -0.2) is 68.0 Å². The monoisotopic (exact) mass is 554 g/mol. The molecule has 218 valence electrons. The van der Waals surface area contributed by atoms with Crippen LogP contribution in [0.15, 0.2) is 59.0 Å². The number of esters is 1. The highest BCUT2D eigenvalue weighted by Gasteiger charge is 2.12. The molecule has 1 aromatic heterocycles. The molecule has 0 aliphatic carbocycles. The van der Waals surface area contributed by atoms with Gasteiger partial charge < -0.3 is 33.6 Å². The molecular formula is C32H42O8. The maximum absolute atomic E-state index is 11.3. The Kier molecular flexibility index (Phi) is 12.7. The highest BCUT2D eigenvalue weighted by molar-refractivity contribution is 5.87. The molecule has 8 nitrogen and oxygen atoms in total. The zero-order chi connectivity index (χ0) is 28.9. The highest BCUT2D eigenvalue weighted by atomic mass is 16.6. The Morgan fingerprint density at radius 2 is 1.68 bits per heavy atom. The number of furan rings is 1. The van der Waals surface area contributed by atoms with Crippen molar-refractivity contribution in [2.45, 2.75) is 58.7 Å². The number of hydrogen-bond acceptors (Lipinski definition) is 8. The average molecular weight is 555 g/mol. The van der Waals surface area contributed by atoms with Crippen LogP contribution in [0.5, 0.6) is 5.75 Å². The Hall–Kier alpha value is -3.17. The molecule has 0 bridgehead atoms. The zero-order valence-corrected chi connectivity index (χ0v) is 23.8. The van der Waals surface area contributed by atoms with Gasteiger partial charge in [0.2, 0.25) is 0 Å². The second kappa shape index (κ2) is 16.2. The van der Waals surface area contributed by atoms with Gasteiger partial charge >= 0.3 is 5.97 Å². The Labute approximate surface area is 236 Å². The predicted octanol–water partition coefficient (Wildman–Crippen LogP) is 5.39. The van der Waals surface area contributed by atoms with E-state index in [1.807, 2.05) is 24.3 Å². The third-order valence-corrected chi connectivity index (χ3v) is 6.31. The molecule has 1 heterocycles. The summed E-state index contributed by atoms with van der Waals surface area (Å²) in [6, 6.07) is 14.2. The van der Waals surface area contributed by atoms with Gasteiger partial charge in [0.15, 0.2) is 0 Å². The number of benzene rings is 2. The van der Waals surface area contributed by atoms with Crippen LogP contribution >= 0.6 is 0 Å². The van der Waals surface area contributed by atoms with Crippen molar-refractivity contribution < 1.29 is 38.4 Å². The lowest BCUT2D eigenvalue weighted by Gasteiger charge is -2.14. The van der Waals surface area contributed by atoms with Crippen LogP contribution in [0, 0.1) is 6.92 Å². The highest BCUT2D eigenvalue weighted by Crippen LogP contribution is 2.32. The van der Waals surface area contributed by atoms with E-state index in [0.717, 1.165) is 28.7 Å². The molecule has 2 aromatic carbocycles. The van der Waals surface area contributed by atoms with Crippen LogP contribution in [0.3, 0.4) is 0 Å². The molecule has 3 rings (SSSR count). The lowest BCUT2D eigenvalue weighted by atomic mass is 10.00. The predicted molar refractivity (Wildman–Crippen MR) is 155 cm³/mol. The van der Waals surface area contributed by atoms with Gasteiger partial charge in [0.1, 0.15) is 42.5 Å². The van der Waals surface area contributed by atoms with Crippen molar-refractivity contribution in [1.29, 1.82) is 0 Å². The van der Waals surface area contributed by atoms with E-state index in [-0.39, 0.29) is 45.2 Å². The van der Waals surface area contributed by atoms with Gasteiger partial charge in [0.05, 0.1) is 26.4 Å². The summed E-state index contributed by atoms with van der Waals surface area (Å²) in [4.78, 5) is 11.3. The second-order valence-electron chi connectivity index (χ2n) is 10.1. The number of hydrogen-bond donors (Lipinski definition) is 2. The first-order valence-corrected chi connectivity index (χ1v) is 13.9. The molecule has 0 saturated heterocycles. The summed E-state index contributed by atoms with van der Waals surface area (Å²) in [5, 5.41) is 20.9. The van der Waals surface area contributed by atoms with E-state index in [1.165, 1.54) is 37.3 Å². The molecule has 0 spiro atoms. The fourth-order valence-electron chi connectivity index (χ4n) is 4.11. The molecule has 0 aliphatic rings. The van der Waals surface area contributed by atoms with Gasteiger partial charge in [-0.15, -0.1) is 0 Å². The van der Waals surface area contributed by atoms with E-state index < -0.39 is 18.2 Å². The summed E-state index contributed by atoms with van der Waals surface area (Å²) in [5.41, 5.74) is 4.62. The first-order chi connectivity index (χ1) is 19.3. The summed E-state index contributed by atoms with van der Waals surface area (Å²) >= 11 is 0. The molecular weight excluding hydrogens is 512 g/mol. The lowest BCUT2D eigenvalue weighted by molar-refractivity contribution is -0.143. The van der Waals surface area contributed by atoms with E-state index in [0.29, 0.717) is 5.75 Å². The molecule has 8 heteroatoms. The third kappa shape index (κ3) is 10.1. The Balaban J connectivity index is 1.38. The number of ether oxygens (including phenoxy) is 4. The van der Waals surface area contributed by atoms with Crippen molar-refractivity contribution in [3.63, 3.8) is 0 Å². The largest absolute Gasteiger partial charge is 0.491 e. The van der Waals surface area contributed by atoms with E-state index in [2.05, 4.69) is 38.6 Å². The number of aliphatic hydroxyl groups is 2.